The van der Waals surface area contributed by atoms with Gasteiger partial charge in [-0.25, -0.2) is 15.0 Å². The van der Waals surface area contributed by atoms with Crippen molar-refractivity contribution in [2.24, 2.45) is 0 Å². The van der Waals surface area contributed by atoms with Crippen LogP contribution in [0.1, 0.15) is 5.69 Å². The van der Waals surface area contributed by atoms with E-state index in [1.54, 1.807) is 36.7 Å². The van der Waals surface area contributed by atoms with Gasteiger partial charge in [0.1, 0.15) is 11.4 Å². The molecular formula is C18H11F3N4O. The molecule has 0 amide bonds. The van der Waals surface area contributed by atoms with Gasteiger partial charge in [0, 0.05) is 30.4 Å². The second-order valence-electron chi connectivity index (χ2n) is 5.47. The van der Waals surface area contributed by atoms with E-state index in [1.807, 2.05) is 18.2 Å². The quantitative estimate of drug-likeness (QED) is 0.538. The van der Waals surface area contributed by atoms with Crippen LogP contribution in [0.2, 0.25) is 0 Å². The highest BCUT2D eigenvalue weighted by Crippen LogP contribution is 2.29. The van der Waals surface area contributed by atoms with Crippen LogP contribution in [0, 0.1) is 0 Å². The van der Waals surface area contributed by atoms with Crippen LogP contribution in [0.4, 0.5) is 13.2 Å². The highest BCUT2D eigenvalue weighted by Gasteiger charge is 2.33. The Morgan fingerprint density at radius 3 is 2.35 bits per heavy atom. The molecule has 1 aromatic carbocycles. The number of benzene rings is 1. The van der Waals surface area contributed by atoms with Crippen LogP contribution in [-0.4, -0.2) is 19.4 Å². The number of imidazole rings is 1. The Hall–Kier alpha value is -3.42. The number of hydrogen-bond donors (Lipinski definition) is 0. The fourth-order valence-electron chi connectivity index (χ4n) is 2.41. The lowest BCUT2D eigenvalue weighted by atomic mass is 10.1. The van der Waals surface area contributed by atoms with E-state index >= 15 is 0 Å². The van der Waals surface area contributed by atoms with Gasteiger partial charge in [0.05, 0.1) is 0 Å². The molecule has 3 heterocycles. The maximum absolute atomic E-state index is 12.8. The molecule has 0 saturated heterocycles. The third kappa shape index (κ3) is 3.21. The largest absolute Gasteiger partial charge is 0.434 e. The van der Waals surface area contributed by atoms with Gasteiger partial charge in [0.2, 0.25) is 0 Å². The van der Waals surface area contributed by atoms with Crippen molar-refractivity contribution < 1.29 is 17.9 Å². The van der Waals surface area contributed by atoms with Crippen LogP contribution in [0.5, 0.6) is 11.8 Å². The Morgan fingerprint density at radius 2 is 1.65 bits per heavy atom. The first-order valence-corrected chi connectivity index (χ1v) is 7.60. The van der Waals surface area contributed by atoms with Crippen LogP contribution < -0.4 is 4.74 Å². The lowest BCUT2D eigenvalue weighted by molar-refractivity contribution is -0.140. The van der Waals surface area contributed by atoms with Crippen LogP contribution in [0.15, 0.2) is 67.3 Å². The van der Waals surface area contributed by atoms with E-state index in [1.165, 1.54) is 10.6 Å². The smallest absolute Gasteiger partial charge is 0.424 e. The van der Waals surface area contributed by atoms with Gasteiger partial charge in [0.15, 0.2) is 5.69 Å². The van der Waals surface area contributed by atoms with Gasteiger partial charge in [-0.1, -0.05) is 18.2 Å². The summed E-state index contributed by atoms with van der Waals surface area (Å²) in [6.07, 6.45) is 1.08. The van der Waals surface area contributed by atoms with E-state index in [4.69, 9.17) is 4.74 Å². The zero-order chi connectivity index (χ0) is 18.1. The second kappa shape index (κ2) is 6.14. The minimum absolute atomic E-state index is 0.182. The zero-order valence-electron chi connectivity index (χ0n) is 13.2. The molecule has 0 atom stereocenters. The number of para-hydroxylation sites is 1. The number of halogens is 3. The number of rotatable bonds is 3. The summed E-state index contributed by atoms with van der Waals surface area (Å²) < 4.78 is 45.1. The van der Waals surface area contributed by atoms with Crippen molar-refractivity contribution in [3.8, 4) is 22.9 Å². The number of nitrogens with zero attached hydrogens (tertiary/aromatic N) is 4. The topological polar surface area (TPSA) is 52.3 Å². The Labute approximate surface area is 145 Å². The second-order valence-corrected chi connectivity index (χ2v) is 5.47. The summed E-state index contributed by atoms with van der Waals surface area (Å²) in [5, 5.41) is 0. The van der Waals surface area contributed by atoms with Gasteiger partial charge in [0.25, 0.3) is 0 Å². The summed E-state index contributed by atoms with van der Waals surface area (Å²) in [5.74, 6) is 0.610. The molecule has 0 N–H and O–H groups in total. The third-order valence-electron chi connectivity index (χ3n) is 3.66. The Balaban J connectivity index is 1.61. The van der Waals surface area contributed by atoms with Crippen molar-refractivity contribution in [3.63, 3.8) is 0 Å². The summed E-state index contributed by atoms with van der Waals surface area (Å²) in [6, 6.07) is 12.5. The third-order valence-corrected chi connectivity index (χ3v) is 3.66. The first kappa shape index (κ1) is 16.1. The van der Waals surface area contributed by atoms with Crippen molar-refractivity contribution in [3.05, 3.63) is 72.9 Å². The molecule has 0 aliphatic heterocycles. The molecule has 0 aliphatic rings. The van der Waals surface area contributed by atoms with Crippen molar-refractivity contribution in [2.75, 3.05) is 0 Å². The Morgan fingerprint density at radius 1 is 0.923 bits per heavy atom. The standard InChI is InChI=1S/C18H11F3N4O/c19-18(20,21)15-11-25-7-6-12(8-16(25)24-15)13-9-22-17(23-10-13)26-14-4-2-1-3-5-14/h1-11H. The van der Waals surface area contributed by atoms with E-state index in [0.717, 1.165) is 6.20 Å². The summed E-state index contributed by atoms with van der Waals surface area (Å²) in [7, 11) is 0. The van der Waals surface area contributed by atoms with Crippen molar-refractivity contribution in [1.82, 2.24) is 19.4 Å². The monoisotopic (exact) mass is 356 g/mol. The molecule has 0 aliphatic carbocycles. The van der Waals surface area contributed by atoms with E-state index < -0.39 is 11.9 Å². The molecule has 0 radical (unpaired) electrons. The number of hydrogen-bond acceptors (Lipinski definition) is 4. The van der Waals surface area contributed by atoms with Crippen molar-refractivity contribution in [1.29, 1.82) is 0 Å². The average molecular weight is 356 g/mol. The van der Waals surface area contributed by atoms with Crippen LogP contribution >= 0.6 is 0 Å². The molecule has 4 aromatic rings. The van der Waals surface area contributed by atoms with Crippen molar-refractivity contribution >= 4 is 5.65 Å². The molecule has 0 unspecified atom stereocenters. The van der Waals surface area contributed by atoms with Gasteiger partial charge < -0.3 is 9.14 Å². The molecule has 3 aromatic heterocycles. The number of fused-ring (bicyclic) bond motifs is 1. The number of pyridine rings is 1. The molecule has 5 nitrogen and oxygen atoms in total. The number of ether oxygens (including phenoxy) is 1. The molecule has 0 bridgehead atoms. The molecular weight excluding hydrogens is 345 g/mol. The maximum atomic E-state index is 12.8. The minimum Gasteiger partial charge on any atom is -0.424 e. The molecule has 0 fully saturated rings. The number of alkyl halides is 3. The molecule has 130 valence electrons. The van der Waals surface area contributed by atoms with Crippen molar-refractivity contribution in [2.45, 2.75) is 6.18 Å². The number of aromatic nitrogens is 4. The normalized spacial score (nSPS) is 11.7. The summed E-state index contributed by atoms with van der Waals surface area (Å²) in [5.41, 5.74) is 0.560. The van der Waals surface area contributed by atoms with E-state index in [2.05, 4.69) is 15.0 Å². The SMILES string of the molecule is FC(F)(F)c1cn2ccc(-c3cnc(Oc4ccccc4)nc3)cc2n1. The fraction of sp³-hybridized carbons (Fsp3) is 0.0556. The Kier molecular flexibility index (Phi) is 3.80. The first-order chi connectivity index (χ1) is 12.5. The molecule has 26 heavy (non-hydrogen) atoms. The van der Waals surface area contributed by atoms with Gasteiger partial charge in [-0.05, 0) is 29.8 Å². The molecule has 0 saturated carbocycles. The average Bonchev–Trinajstić information content (AvgIpc) is 3.07. The lowest BCUT2D eigenvalue weighted by Crippen LogP contribution is -2.04. The first-order valence-electron chi connectivity index (χ1n) is 7.60. The summed E-state index contributed by atoms with van der Waals surface area (Å²) in [4.78, 5) is 11.9. The minimum atomic E-state index is -4.48. The van der Waals surface area contributed by atoms with Gasteiger partial charge in [-0.3, -0.25) is 0 Å². The van der Waals surface area contributed by atoms with Gasteiger partial charge >= 0.3 is 12.2 Å². The lowest BCUT2D eigenvalue weighted by Gasteiger charge is -2.05. The summed E-state index contributed by atoms with van der Waals surface area (Å²) >= 11 is 0. The highest BCUT2D eigenvalue weighted by atomic mass is 19.4. The zero-order valence-corrected chi connectivity index (χ0v) is 13.2. The molecule has 0 spiro atoms. The highest BCUT2D eigenvalue weighted by molar-refractivity contribution is 5.66. The van der Waals surface area contributed by atoms with E-state index in [0.29, 0.717) is 16.9 Å². The predicted molar refractivity (Wildman–Crippen MR) is 87.7 cm³/mol. The fourth-order valence-corrected chi connectivity index (χ4v) is 2.41. The van der Waals surface area contributed by atoms with Crippen LogP contribution in [0.25, 0.3) is 16.8 Å². The van der Waals surface area contributed by atoms with E-state index in [-0.39, 0.29) is 11.7 Å². The van der Waals surface area contributed by atoms with Crippen LogP contribution in [0.3, 0.4) is 0 Å². The van der Waals surface area contributed by atoms with Gasteiger partial charge in [-0.2, -0.15) is 13.2 Å². The van der Waals surface area contributed by atoms with Gasteiger partial charge in [-0.15, -0.1) is 0 Å². The molecule has 4 rings (SSSR count). The predicted octanol–water partition coefficient (Wildman–Crippen LogP) is 4.60. The molecule has 8 heteroatoms. The van der Waals surface area contributed by atoms with E-state index in [9.17, 15) is 13.2 Å². The summed E-state index contributed by atoms with van der Waals surface area (Å²) in [6.45, 7) is 0. The maximum Gasteiger partial charge on any atom is 0.434 e. The Bertz CT molecular complexity index is 1040. The van der Waals surface area contributed by atoms with Crippen LogP contribution in [-0.2, 0) is 6.18 Å².